The van der Waals surface area contributed by atoms with Crippen LogP contribution in [0.3, 0.4) is 0 Å². The first-order valence-corrected chi connectivity index (χ1v) is 11.2. The van der Waals surface area contributed by atoms with E-state index in [9.17, 15) is 4.79 Å². The zero-order valence-electron chi connectivity index (χ0n) is 17.7. The Kier molecular flexibility index (Phi) is 7.10. The number of ether oxygens (including phenoxy) is 2. The molecule has 2 aromatic carbocycles. The highest BCUT2D eigenvalue weighted by Crippen LogP contribution is 2.25. The van der Waals surface area contributed by atoms with E-state index >= 15 is 0 Å². The summed E-state index contributed by atoms with van der Waals surface area (Å²) in [4.78, 5) is 20.2. The number of hydrogen-bond donors (Lipinski definition) is 2. The van der Waals surface area contributed by atoms with Gasteiger partial charge in [-0.2, -0.15) is 0 Å². The molecule has 0 saturated carbocycles. The van der Waals surface area contributed by atoms with E-state index in [-0.39, 0.29) is 5.97 Å². The number of imidazole rings is 1. The second-order valence-electron chi connectivity index (χ2n) is 8.03. The Morgan fingerprint density at radius 2 is 1.97 bits per heavy atom. The van der Waals surface area contributed by atoms with Gasteiger partial charge in [-0.15, -0.1) is 0 Å². The van der Waals surface area contributed by atoms with E-state index in [2.05, 4.69) is 10.3 Å². The van der Waals surface area contributed by atoms with Crippen LogP contribution in [0, 0.1) is 5.92 Å². The first-order chi connectivity index (χ1) is 15.1. The lowest BCUT2D eigenvalue weighted by molar-refractivity contribution is 0.0600. The zero-order chi connectivity index (χ0) is 21.6. The number of esters is 1. The van der Waals surface area contributed by atoms with Crippen molar-refractivity contribution in [2.24, 2.45) is 5.92 Å². The molecule has 0 aliphatic carbocycles. The minimum absolute atomic E-state index is 0.304. The molecule has 0 bridgehead atoms. The molecular formula is C24H28ClN3O3. The van der Waals surface area contributed by atoms with Crippen LogP contribution in [0.2, 0.25) is 5.02 Å². The molecule has 2 heterocycles. The summed E-state index contributed by atoms with van der Waals surface area (Å²) in [6, 6.07) is 11.0. The number of halogens is 1. The van der Waals surface area contributed by atoms with Gasteiger partial charge in [0.2, 0.25) is 0 Å². The van der Waals surface area contributed by atoms with Crippen molar-refractivity contribution in [2.75, 3.05) is 20.2 Å². The van der Waals surface area contributed by atoms with Gasteiger partial charge >= 0.3 is 5.97 Å². The van der Waals surface area contributed by atoms with Gasteiger partial charge < -0.3 is 19.8 Å². The van der Waals surface area contributed by atoms with Crippen LogP contribution >= 0.6 is 11.6 Å². The van der Waals surface area contributed by atoms with Gasteiger partial charge in [-0.05, 0) is 86.7 Å². The van der Waals surface area contributed by atoms with Crippen LogP contribution in [0.5, 0.6) is 5.75 Å². The Morgan fingerprint density at radius 3 is 2.71 bits per heavy atom. The number of carbonyl (C=O) groups is 1. The van der Waals surface area contributed by atoms with Crippen molar-refractivity contribution < 1.29 is 14.3 Å². The maximum atomic E-state index is 12.2. The fourth-order valence-corrected chi connectivity index (χ4v) is 4.29. The molecule has 0 amide bonds. The van der Waals surface area contributed by atoms with Gasteiger partial charge in [0.15, 0.2) is 0 Å². The lowest BCUT2D eigenvalue weighted by Crippen LogP contribution is -2.27. The van der Waals surface area contributed by atoms with Crippen molar-refractivity contribution in [3.63, 3.8) is 0 Å². The van der Waals surface area contributed by atoms with Gasteiger partial charge in [0, 0.05) is 5.02 Å². The Hall–Kier alpha value is -2.57. The standard InChI is InChI=1S/C24H28ClN3O3/c1-30-24(29)18-13-17(4-2-3-16-9-11-26-12-10-16)23-21(14-18)27-22(28-23)15-31-20-7-5-19(25)6-8-20/h5-8,13-14,16,26H,2-4,9-12,15H2,1H3,(H,27,28). The third-order valence-electron chi connectivity index (χ3n) is 5.84. The highest BCUT2D eigenvalue weighted by atomic mass is 35.5. The summed E-state index contributed by atoms with van der Waals surface area (Å²) < 4.78 is 10.8. The summed E-state index contributed by atoms with van der Waals surface area (Å²) >= 11 is 5.93. The van der Waals surface area contributed by atoms with Crippen LogP contribution in [0.15, 0.2) is 36.4 Å². The van der Waals surface area contributed by atoms with Crippen molar-refractivity contribution in [2.45, 2.75) is 38.7 Å². The second-order valence-corrected chi connectivity index (χ2v) is 8.47. The number of piperidine rings is 1. The minimum atomic E-state index is -0.338. The third kappa shape index (κ3) is 5.57. The van der Waals surface area contributed by atoms with Gasteiger partial charge in [-0.1, -0.05) is 18.0 Å². The van der Waals surface area contributed by atoms with E-state index in [4.69, 9.17) is 26.1 Å². The van der Waals surface area contributed by atoms with Crippen LogP contribution in [0.1, 0.15) is 47.4 Å². The molecule has 1 aliphatic rings. The van der Waals surface area contributed by atoms with Crippen molar-refractivity contribution in [3.05, 3.63) is 58.4 Å². The quantitative estimate of drug-likeness (QED) is 0.486. The van der Waals surface area contributed by atoms with Crippen LogP contribution in [0.4, 0.5) is 0 Å². The first kappa shape index (κ1) is 21.7. The van der Waals surface area contributed by atoms with Crippen LogP contribution < -0.4 is 10.1 Å². The fraction of sp³-hybridized carbons (Fsp3) is 0.417. The molecule has 6 nitrogen and oxygen atoms in total. The summed E-state index contributed by atoms with van der Waals surface area (Å²) in [5.74, 6) is 1.88. The molecule has 0 unspecified atom stereocenters. The third-order valence-corrected chi connectivity index (χ3v) is 6.09. The van der Waals surface area contributed by atoms with Gasteiger partial charge in [-0.25, -0.2) is 9.78 Å². The van der Waals surface area contributed by atoms with Crippen molar-refractivity contribution in [1.82, 2.24) is 15.3 Å². The number of rotatable bonds is 8. The Bertz CT molecular complexity index is 1030. The number of nitrogens with one attached hydrogen (secondary N) is 2. The molecule has 1 aliphatic heterocycles. The molecule has 164 valence electrons. The number of fused-ring (bicyclic) bond motifs is 1. The predicted molar refractivity (Wildman–Crippen MR) is 122 cm³/mol. The smallest absolute Gasteiger partial charge is 0.337 e. The second kappa shape index (κ2) is 10.2. The summed E-state index contributed by atoms with van der Waals surface area (Å²) in [6.07, 6.45) is 5.64. The Balaban J connectivity index is 1.50. The lowest BCUT2D eigenvalue weighted by atomic mass is 9.91. The average molecular weight is 442 g/mol. The fourth-order valence-electron chi connectivity index (χ4n) is 4.17. The number of nitrogens with zero attached hydrogens (tertiary/aromatic N) is 1. The SMILES string of the molecule is COC(=O)c1cc(CCCC2CCNCC2)c2nc(COc3ccc(Cl)cc3)[nH]c2c1. The van der Waals surface area contributed by atoms with E-state index in [1.165, 1.54) is 26.4 Å². The van der Waals surface area contributed by atoms with E-state index in [0.29, 0.717) is 23.0 Å². The molecular weight excluding hydrogens is 414 g/mol. The van der Waals surface area contributed by atoms with Crippen LogP contribution in [0.25, 0.3) is 11.0 Å². The zero-order valence-corrected chi connectivity index (χ0v) is 18.5. The Labute approximate surface area is 187 Å². The van der Waals surface area contributed by atoms with Gasteiger partial charge in [0.25, 0.3) is 0 Å². The average Bonchev–Trinajstić information content (AvgIpc) is 3.22. The van der Waals surface area contributed by atoms with Crippen molar-refractivity contribution in [1.29, 1.82) is 0 Å². The van der Waals surface area contributed by atoms with E-state index in [0.717, 1.165) is 54.2 Å². The summed E-state index contributed by atoms with van der Waals surface area (Å²) in [5, 5.41) is 4.09. The molecule has 1 saturated heterocycles. The van der Waals surface area contributed by atoms with Gasteiger partial charge in [-0.3, -0.25) is 0 Å². The van der Waals surface area contributed by atoms with Crippen molar-refractivity contribution >= 4 is 28.6 Å². The molecule has 0 atom stereocenters. The van der Waals surface area contributed by atoms with E-state index < -0.39 is 0 Å². The Morgan fingerprint density at radius 1 is 1.19 bits per heavy atom. The molecule has 0 radical (unpaired) electrons. The largest absolute Gasteiger partial charge is 0.486 e. The molecule has 2 N–H and O–H groups in total. The number of benzene rings is 2. The first-order valence-electron chi connectivity index (χ1n) is 10.8. The number of aromatic nitrogens is 2. The highest BCUT2D eigenvalue weighted by Gasteiger charge is 2.16. The highest BCUT2D eigenvalue weighted by molar-refractivity contribution is 6.30. The van der Waals surface area contributed by atoms with E-state index in [1.807, 2.05) is 18.2 Å². The minimum Gasteiger partial charge on any atom is -0.486 e. The normalized spacial score (nSPS) is 14.6. The van der Waals surface area contributed by atoms with Crippen molar-refractivity contribution in [3.8, 4) is 5.75 Å². The summed E-state index contributed by atoms with van der Waals surface area (Å²) in [6.45, 7) is 2.53. The van der Waals surface area contributed by atoms with Crippen LogP contribution in [-0.2, 0) is 17.8 Å². The number of carbonyl (C=O) groups excluding carboxylic acids is 1. The summed E-state index contributed by atoms with van der Waals surface area (Å²) in [5.41, 5.74) is 3.34. The van der Waals surface area contributed by atoms with E-state index in [1.54, 1.807) is 18.2 Å². The number of methoxy groups -OCH3 is 1. The predicted octanol–water partition coefficient (Wildman–Crippen LogP) is 4.90. The maximum Gasteiger partial charge on any atom is 0.337 e. The van der Waals surface area contributed by atoms with Crippen LogP contribution in [-0.4, -0.2) is 36.1 Å². The number of H-pyrrole nitrogens is 1. The number of aromatic amines is 1. The molecule has 3 aromatic rings. The number of hydrogen-bond acceptors (Lipinski definition) is 5. The lowest BCUT2D eigenvalue weighted by Gasteiger charge is -2.22. The number of aryl methyl sites for hydroxylation is 1. The topological polar surface area (TPSA) is 76.2 Å². The molecule has 1 aromatic heterocycles. The summed E-state index contributed by atoms with van der Waals surface area (Å²) in [7, 11) is 1.40. The molecule has 7 heteroatoms. The molecule has 0 spiro atoms. The molecule has 31 heavy (non-hydrogen) atoms. The van der Waals surface area contributed by atoms with Gasteiger partial charge in [0.1, 0.15) is 18.2 Å². The maximum absolute atomic E-state index is 12.2. The molecule has 1 fully saturated rings. The monoisotopic (exact) mass is 441 g/mol. The molecule has 4 rings (SSSR count). The van der Waals surface area contributed by atoms with Gasteiger partial charge in [0.05, 0.1) is 23.7 Å².